The summed E-state index contributed by atoms with van der Waals surface area (Å²) in [4.78, 5) is 24.8. The van der Waals surface area contributed by atoms with Gasteiger partial charge in [-0.05, 0) is 70.5 Å². The van der Waals surface area contributed by atoms with Gasteiger partial charge in [0.25, 0.3) is 11.5 Å². The summed E-state index contributed by atoms with van der Waals surface area (Å²) in [6.07, 6.45) is 4.49. The average molecular weight is 662 g/mol. The number of fused-ring (bicyclic) bond motifs is 9. The number of piperidine rings is 1. The number of halogens is 3. The van der Waals surface area contributed by atoms with Gasteiger partial charge in [0.1, 0.15) is 33.4 Å². The predicted molar refractivity (Wildman–Crippen MR) is 170 cm³/mol. The van der Waals surface area contributed by atoms with Gasteiger partial charge in [-0.1, -0.05) is 31.0 Å². The summed E-state index contributed by atoms with van der Waals surface area (Å²) in [5, 5.41) is 14.4. The Morgan fingerprint density at radius 1 is 0.978 bits per heavy atom. The fourth-order valence-corrected chi connectivity index (χ4v) is 8.85. The van der Waals surface area contributed by atoms with Crippen molar-refractivity contribution < 1.29 is 26.7 Å². The molecule has 0 saturated carbocycles. The quantitative estimate of drug-likeness (QED) is 0.369. The van der Waals surface area contributed by atoms with E-state index < -0.39 is 45.2 Å². The van der Waals surface area contributed by atoms with Crippen molar-refractivity contribution in [2.24, 2.45) is 5.92 Å². The molecular formula is C33H42F3N5O4S. The number of alkyl halides is 2. The first-order valence-electron chi connectivity index (χ1n) is 16.4. The Labute approximate surface area is 267 Å². The molecule has 13 heteroatoms. The van der Waals surface area contributed by atoms with E-state index in [2.05, 4.69) is 15.3 Å². The van der Waals surface area contributed by atoms with E-state index in [1.165, 1.54) is 18.5 Å². The van der Waals surface area contributed by atoms with Crippen LogP contribution in [0.4, 0.5) is 19.0 Å². The number of hydrogen-bond acceptors (Lipinski definition) is 8. The Hall–Kier alpha value is -3.03. The van der Waals surface area contributed by atoms with Crippen LogP contribution in [0.1, 0.15) is 86.9 Å². The van der Waals surface area contributed by atoms with Gasteiger partial charge in [-0.25, -0.2) is 31.6 Å². The number of aliphatic hydroxyl groups is 1. The van der Waals surface area contributed by atoms with Gasteiger partial charge in [0.15, 0.2) is 0 Å². The third kappa shape index (κ3) is 6.68. The number of nitrogens with zero attached hydrogens (tertiary/aromatic N) is 4. The highest BCUT2D eigenvalue weighted by molar-refractivity contribution is 7.91. The van der Waals surface area contributed by atoms with E-state index in [4.69, 9.17) is 0 Å². The summed E-state index contributed by atoms with van der Waals surface area (Å²) in [6.45, 7) is 3.26. The normalized spacial score (nSPS) is 27.6. The van der Waals surface area contributed by atoms with Crippen LogP contribution in [-0.4, -0.2) is 70.2 Å². The largest absolute Gasteiger partial charge is 0.392 e. The molecule has 3 aromatic rings. The van der Waals surface area contributed by atoms with Crippen LogP contribution in [0.25, 0.3) is 11.0 Å². The fraction of sp³-hybridized carbons (Fsp3) is 0.606. The molecule has 1 aromatic carbocycles. The molecule has 0 spiro atoms. The summed E-state index contributed by atoms with van der Waals surface area (Å²) in [7, 11) is -3.15. The zero-order chi connectivity index (χ0) is 32.6. The molecule has 2 fully saturated rings. The third-order valence-electron chi connectivity index (χ3n) is 10.1. The van der Waals surface area contributed by atoms with Crippen LogP contribution in [0.5, 0.6) is 0 Å². The number of aromatic nitrogens is 3. The van der Waals surface area contributed by atoms with E-state index in [1.807, 2.05) is 4.90 Å². The molecule has 2 aromatic heterocycles. The van der Waals surface area contributed by atoms with Crippen LogP contribution in [0.2, 0.25) is 0 Å². The number of aliphatic hydroxyl groups excluding tert-OH is 1. The second-order valence-corrected chi connectivity index (χ2v) is 15.5. The maximum Gasteiger partial charge on any atom is 0.278 e. The highest BCUT2D eigenvalue weighted by Crippen LogP contribution is 2.44. The second-order valence-electron chi connectivity index (χ2n) is 13.2. The minimum Gasteiger partial charge on any atom is -0.392 e. The van der Waals surface area contributed by atoms with E-state index in [0.29, 0.717) is 74.3 Å². The molecule has 7 rings (SSSR count). The molecule has 6 heterocycles. The van der Waals surface area contributed by atoms with Crippen LogP contribution < -0.4 is 10.9 Å². The van der Waals surface area contributed by atoms with Crippen molar-refractivity contribution in [3.8, 4) is 0 Å². The lowest BCUT2D eigenvalue weighted by Gasteiger charge is -2.37. The zero-order valence-corrected chi connectivity index (χ0v) is 26.9. The molecule has 46 heavy (non-hydrogen) atoms. The molecule has 2 saturated heterocycles. The van der Waals surface area contributed by atoms with Gasteiger partial charge >= 0.3 is 0 Å². The first kappa shape index (κ1) is 32.9. The van der Waals surface area contributed by atoms with Crippen molar-refractivity contribution in [2.45, 2.75) is 88.8 Å². The molecule has 0 amide bonds. The standard InChI is InChI=1S/C33H42F3N5O4S/c1-21-25-7-5-8-28(29(25)34)33(35,36)23-9-14-40(15-10-23)19-24(42)6-3-2-4-13-41-31-27(30(39-21)37-20-38-31)18-26(32(41)43)22-11-16-46(44,45)17-12-22/h5,7-8,18,20-24,42H,2-4,6,9-17,19H2,1H3,(H,37,38,39)/t21-,24?/m1/s1. The van der Waals surface area contributed by atoms with Crippen molar-refractivity contribution in [2.75, 3.05) is 36.5 Å². The average Bonchev–Trinajstić information content (AvgIpc) is 3.02. The number of nitrogens with one attached hydrogen (secondary N) is 1. The third-order valence-corrected chi connectivity index (χ3v) is 11.8. The Kier molecular flexibility index (Phi) is 9.46. The highest BCUT2D eigenvalue weighted by Gasteiger charge is 2.45. The van der Waals surface area contributed by atoms with Crippen LogP contribution in [0, 0.1) is 11.7 Å². The van der Waals surface area contributed by atoms with E-state index in [-0.39, 0.29) is 41.4 Å². The van der Waals surface area contributed by atoms with Crippen LogP contribution >= 0.6 is 0 Å². The predicted octanol–water partition coefficient (Wildman–Crippen LogP) is 5.13. The Morgan fingerprint density at radius 2 is 1.72 bits per heavy atom. The lowest BCUT2D eigenvalue weighted by molar-refractivity contribution is -0.0899. The number of rotatable bonds is 1. The molecule has 250 valence electrons. The Balaban J connectivity index is 1.42. The van der Waals surface area contributed by atoms with Crippen molar-refractivity contribution in [3.63, 3.8) is 0 Å². The lowest BCUT2D eigenvalue weighted by Crippen LogP contribution is -2.42. The molecular weight excluding hydrogens is 619 g/mol. The van der Waals surface area contributed by atoms with Gasteiger partial charge < -0.3 is 15.3 Å². The van der Waals surface area contributed by atoms with Gasteiger partial charge in [-0.15, -0.1) is 0 Å². The van der Waals surface area contributed by atoms with Crippen molar-refractivity contribution in [1.29, 1.82) is 0 Å². The Morgan fingerprint density at radius 3 is 2.46 bits per heavy atom. The number of anilines is 1. The summed E-state index contributed by atoms with van der Waals surface area (Å²) in [5.41, 5.74) is 0.0925. The number of hydrogen-bond donors (Lipinski definition) is 2. The highest BCUT2D eigenvalue weighted by atomic mass is 32.2. The van der Waals surface area contributed by atoms with Crippen molar-refractivity contribution in [3.05, 3.63) is 63.5 Å². The van der Waals surface area contributed by atoms with Gasteiger partial charge in [-0.3, -0.25) is 9.36 Å². The van der Waals surface area contributed by atoms with Crippen LogP contribution in [-0.2, 0) is 22.3 Å². The van der Waals surface area contributed by atoms with E-state index in [1.54, 1.807) is 17.6 Å². The number of aryl methyl sites for hydroxylation is 1. The molecule has 0 radical (unpaired) electrons. The van der Waals surface area contributed by atoms with Gasteiger partial charge in [0.2, 0.25) is 0 Å². The first-order chi connectivity index (χ1) is 21.9. The molecule has 4 aliphatic rings. The minimum atomic E-state index is -3.37. The first-order valence-corrected chi connectivity index (χ1v) is 18.2. The van der Waals surface area contributed by atoms with Crippen LogP contribution in [0.15, 0.2) is 35.4 Å². The summed E-state index contributed by atoms with van der Waals surface area (Å²) < 4.78 is 73.7. The topological polar surface area (TPSA) is 117 Å². The SMILES string of the molecule is C[C@H]1Nc2ncnc3c2cc(C2CCS(=O)(=O)CC2)c(=O)n3CCCCCC(O)CN2CCC(CC2)C(F)(F)c2cccc1c2F. The summed E-state index contributed by atoms with van der Waals surface area (Å²) in [6, 6.07) is 5.05. The molecule has 0 aliphatic carbocycles. The molecule has 4 aliphatic heterocycles. The van der Waals surface area contributed by atoms with Crippen LogP contribution in [0.3, 0.4) is 0 Å². The summed E-state index contributed by atoms with van der Waals surface area (Å²) in [5.74, 6) is -5.28. The lowest BCUT2D eigenvalue weighted by atomic mass is 9.85. The van der Waals surface area contributed by atoms with Gasteiger partial charge in [-0.2, -0.15) is 0 Å². The number of benzene rings is 1. The molecule has 1 unspecified atom stereocenters. The Bertz CT molecular complexity index is 1730. The van der Waals surface area contributed by atoms with Crippen molar-refractivity contribution >= 4 is 26.7 Å². The fourth-order valence-electron chi connectivity index (χ4n) is 7.36. The molecule has 8 bridgehead atoms. The van der Waals surface area contributed by atoms with Crippen molar-refractivity contribution in [1.82, 2.24) is 19.4 Å². The van der Waals surface area contributed by atoms with E-state index in [0.717, 1.165) is 18.9 Å². The monoisotopic (exact) mass is 661 g/mol. The van der Waals surface area contributed by atoms with E-state index in [9.17, 15) is 18.3 Å². The smallest absolute Gasteiger partial charge is 0.278 e. The molecule has 2 atom stereocenters. The number of sulfone groups is 1. The minimum absolute atomic E-state index is 0.00341. The van der Waals surface area contributed by atoms with E-state index >= 15 is 13.2 Å². The van der Waals surface area contributed by atoms with Gasteiger partial charge in [0, 0.05) is 30.1 Å². The zero-order valence-electron chi connectivity index (χ0n) is 26.1. The maximum absolute atomic E-state index is 16.0. The molecule has 9 nitrogen and oxygen atoms in total. The number of pyridine rings is 1. The maximum atomic E-state index is 16.0. The second kappa shape index (κ2) is 13.2. The summed E-state index contributed by atoms with van der Waals surface area (Å²) >= 11 is 0. The van der Waals surface area contributed by atoms with Gasteiger partial charge in [0.05, 0.1) is 34.6 Å². The molecule has 2 N–H and O–H groups in total.